The highest BCUT2D eigenvalue weighted by atomic mass is 32.2. The van der Waals surface area contributed by atoms with Gasteiger partial charge in [-0.25, -0.2) is 9.67 Å². The highest BCUT2D eigenvalue weighted by molar-refractivity contribution is 8.15. The van der Waals surface area contributed by atoms with Gasteiger partial charge in [0.1, 0.15) is 12.1 Å². The van der Waals surface area contributed by atoms with Gasteiger partial charge in [0.25, 0.3) is 0 Å². The van der Waals surface area contributed by atoms with Crippen molar-refractivity contribution < 1.29 is 22.7 Å². The molecular formula is C29H25F3N6O2S. The lowest BCUT2D eigenvalue weighted by Gasteiger charge is -2.22. The molecule has 1 aliphatic heterocycles. The van der Waals surface area contributed by atoms with Crippen LogP contribution in [0.5, 0.6) is 5.75 Å². The van der Waals surface area contributed by atoms with E-state index in [2.05, 4.69) is 38.9 Å². The fourth-order valence-corrected chi connectivity index (χ4v) is 5.00. The number of anilines is 1. The van der Waals surface area contributed by atoms with E-state index in [1.807, 2.05) is 48.5 Å². The van der Waals surface area contributed by atoms with Gasteiger partial charge < -0.3 is 4.74 Å². The molecule has 210 valence electrons. The second-order valence-electron chi connectivity index (χ2n) is 9.19. The molecule has 0 saturated carbocycles. The summed E-state index contributed by atoms with van der Waals surface area (Å²) < 4.78 is 42.5. The van der Waals surface area contributed by atoms with Crippen molar-refractivity contribution in [2.45, 2.75) is 32.5 Å². The number of ether oxygens (including phenoxy) is 1. The normalized spacial score (nSPS) is 15.7. The lowest BCUT2D eigenvalue weighted by atomic mass is 9.96. The Morgan fingerprint density at radius 3 is 2.51 bits per heavy atom. The summed E-state index contributed by atoms with van der Waals surface area (Å²) in [4.78, 5) is 18.7. The van der Waals surface area contributed by atoms with Crippen LogP contribution in [0.15, 0.2) is 89.3 Å². The summed E-state index contributed by atoms with van der Waals surface area (Å²) in [5.74, 6) is 0.712. The van der Waals surface area contributed by atoms with E-state index in [4.69, 9.17) is 0 Å². The zero-order valence-corrected chi connectivity index (χ0v) is 22.9. The molecule has 41 heavy (non-hydrogen) atoms. The number of aromatic nitrogens is 3. The zero-order valence-electron chi connectivity index (χ0n) is 22.1. The first-order valence-electron chi connectivity index (χ1n) is 12.8. The van der Waals surface area contributed by atoms with Gasteiger partial charge in [0, 0.05) is 5.56 Å². The molecule has 1 aliphatic rings. The van der Waals surface area contributed by atoms with Crippen LogP contribution in [0, 0.1) is 0 Å². The van der Waals surface area contributed by atoms with Crippen molar-refractivity contribution >= 4 is 34.7 Å². The number of halogens is 3. The maximum atomic E-state index is 12.7. The first-order valence-corrected chi connectivity index (χ1v) is 13.7. The average molecular weight is 579 g/mol. The van der Waals surface area contributed by atoms with Crippen LogP contribution in [0.2, 0.25) is 0 Å². The highest BCUT2D eigenvalue weighted by Crippen LogP contribution is 2.34. The molecule has 1 atom stereocenters. The maximum Gasteiger partial charge on any atom is 0.573 e. The van der Waals surface area contributed by atoms with Crippen LogP contribution < -0.4 is 9.64 Å². The van der Waals surface area contributed by atoms with E-state index in [1.54, 1.807) is 11.1 Å². The summed E-state index contributed by atoms with van der Waals surface area (Å²) in [6.07, 6.45) is -0.710. The number of carbonyl (C=O) groups excluding carboxylic acids is 1. The molecule has 0 spiro atoms. The number of amides is 1. The first kappa shape index (κ1) is 28.1. The fourth-order valence-electron chi connectivity index (χ4n) is 4.18. The molecule has 2 heterocycles. The zero-order chi connectivity index (χ0) is 29.0. The second-order valence-corrected chi connectivity index (χ2v) is 10.1. The standard InChI is InChI=1S/C29H25F3N6O2S/c1-3-19(2)24-6-4-5-7-25(24)38-26(39)17-41-28(38)35-34-16-20-8-10-21(11-9-20)27-33-18-37(36-27)22-12-14-23(15-13-22)40-29(30,31)32/h4-16,18-19H,3,17H2,1-2H3. The number of benzene rings is 3. The van der Waals surface area contributed by atoms with E-state index in [0.29, 0.717) is 28.4 Å². The summed E-state index contributed by atoms with van der Waals surface area (Å²) in [5, 5.41) is 13.5. The molecule has 1 amide bonds. The molecule has 0 aliphatic carbocycles. The predicted molar refractivity (Wildman–Crippen MR) is 154 cm³/mol. The molecule has 4 aromatic rings. The second kappa shape index (κ2) is 12.0. The Bertz CT molecular complexity index is 1580. The SMILES string of the molecule is CCC(C)c1ccccc1N1C(=O)CSC1=NN=Cc1ccc(-c2ncn(-c3ccc(OC(F)(F)F)cc3)n2)cc1. The van der Waals surface area contributed by atoms with Gasteiger partial charge in [0.15, 0.2) is 11.0 Å². The number of amidine groups is 1. The number of rotatable bonds is 8. The minimum atomic E-state index is -4.75. The Hall–Kier alpha value is -4.45. The van der Waals surface area contributed by atoms with Crippen LogP contribution >= 0.6 is 11.8 Å². The topological polar surface area (TPSA) is 85.0 Å². The number of hydrogen-bond acceptors (Lipinski definition) is 7. The Kier molecular flexibility index (Phi) is 8.20. The quantitative estimate of drug-likeness (QED) is 0.169. The number of para-hydroxylation sites is 1. The van der Waals surface area contributed by atoms with E-state index in [0.717, 1.165) is 28.8 Å². The largest absolute Gasteiger partial charge is 0.573 e. The lowest BCUT2D eigenvalue weighted by Crippen LogP contribution is -2.30. The average Bonchev–Trinajstić information content (AvgIpc) is 3.60. The van der Waals surface area contributed by atoms with E-state index in [1.165, 1.54) is 47.0 Å². The van der Waals surface area contributed by atoms with Crippen LogP contribution in [0.1, 0.15) is 37.3 Å². The van der Waals surface area contributed by atoms with Gasteiger partial charge in [-0.2, -0.15) is 5.10 Å². The van der Waals surface area contributed by atoms with Crippen LogP contribution in [-0.2, 0) is 4.79 Å². The van der Waals surface area contributed by atoms with Gasteiger partial charge in [0.05, 0.1) is 23.3 Å². The van der Waals surface area contributed by atoms with Crippen LogP contribution in [0.4, 0.5) is 18.9 Å². The highest BCUT2D eigenvalue weighted by Gasteiger charge is 2.32. The fraction of sp³-hybridized carbons (Fsp3) is 0.207. The first-order chi connectivity index (χ1) is 19.7. The summed E-state index contributed by atoms with van der Waals surface area (Å²) in [5.41, 5.74) is 4.01. The molecule has 1 unspecified atom stereocenters. The smallest absolute Gasteiger partial charge is 0.406 e. The molecule has 1 fully saturated rings. The molecule has 1 saturated heterocycles. The molecule has 0 radical (unpaired) electrons. The van der Waals surface area contributed by atoms with Crippen molar-refractivity contribution in [1.82, 2.24) is 14.8 Å². The van der Waals surface area contributed by atoms with E-state index in [9.17, 15) is 18.0 Å². The minimum absolute atomic E-state index is 0.0263. The van der Waals surface area contributed by atoms with Crippen molar-refractivity contribution in [3.05, 3.63) is 90.3 Å². The number of carbonyl (C=O) groups is 1. The monoisotopic (exact) mass is 578 g/mol. The Morgan fingerprint density at radius 1 is 1.07 bits per heavy atom. The minimum Gasteiger partial charge on any atom is -0.406 e. The Labute approximate surface area is 238 Å². The van der Waals surface area contributed by atoms with Gasteiger partial charge in [-0.1, -0.05) is 68.1 Å². The predicted octanol–water partition coefficient (Wildman–Crippen LogP) is 6.82. The third-order valence-electron chi connectivity index (χ3n) is 6.43. The van der Waals surface area contributed by atoms with Gasteiger partial charge in [0.2, 0.25) is 5.91 Å². The molecule has 5 rings (SSSR count). The summed E-state index contributed by atoms with van der Waals surface area (Å²) in [6.45, 7) is 4.26. The van der Waals surface area contributed by atoms with Crippen molar-refractivity contribution in [2.75, 3.05) is 10.7 Å². The Balaban J connectivity index is 1.28. The maximum absolute atomic E-state index is 12.7. The molecule has 3 aromatic carbocycles. The van der Waals surface area contributed by atoms with Crippen molar-refractivity contribution in [3.63, 3.8) is 0 Å². The van der Waals surface area contributed by atoms with Crippen molar-refractivity contribution in [3.8, 4) is 22.8 Å². The van der Waals surface area contributed by atoms with Crippen LogP contribution in [0.25, 0.3) is 17.1 Å². The third-order valence-corrected chi connectivity index (χ3v) is 7.35. The van der Waals surface area contributed by atoms with Gasteiger partial charge in [-0.3, -0.25) is 9.69 Å². The van der Waals surface area contributed by atoms with E-state index in [-0.39, 0.29) is 11.7 Å². The summed E-state index contributed by atoms with van der Waals surface area (Å²) >= 11 is 1.36. The summed E-state index contributed by atoms with van der Waals surface area (Å²) in [6, 6.07) is 20.6. The van der Waals surface area contributed by atoms with Crippen molar-refractivity contribution in [2.24, 2.45) is 10.2 Å². The third kappa shape index (κ3) is 6.65. The van der Waals surface area contributed by atoms with E-state index >= 15 is 0 Å². The molecule has 8 nitrogen and oxygen atoms in total. The molecule has 12 heteroatoms. The molecule has 0 N–H and O–H groups in total. The number of alkyl halides is 3. The molecule has 1 aromatic heterocycles. The van der Waals surface area contributed by atoms with Gasteiger partial charge in [-0.15, -0.1) is 23.4 Å². The van der Waals surface area contributed by atoms with Crippen molar-refractivity contribution in [1.29, 1.82) is 0 Å². The summed E-state index contributed by atoms with van der Waals surface area (Å²) in [7, 11) is 0. The molecule has 0 bridgehead atoms. The number of hydrogen-bond donors (Lipinski definition) is 0. The Morgan fingerprint density at radius 2 is 1.80 bits per heavy atom. The number of thioether (sulfide) groups is 1. The van der Waals surface area contributed by atoms with E-state index < -0.39 is 6.36 Å². The lowest BCUT2D eigenvalue weighted by molar-refractivity contribution is -0.274. The molecular weight excluding hydrogens is 553 g/mol. The van der Waals surface area contributed by atoms with Crippen LogP contribution in [0.3, 0.4) is 0 Å². The number of nitrogens with zero attached hydrogens (tertiary/aromatic N) is 6. The van der Waals surface area contributed by atoms with Crippen LogP contribution in [-0.4, -0.2) is 44.2 Å². The van der Waals surface area contributed by atoms with Gasteiger partial charge in [-0.05, 0) is 53.8 Å². The van der Waals surface area contributed by atoms with Gasteiger partial charge >= 0.3 is 6.36 Å².